The average Bonchev–Trinajstić information content (AvgIpc) is 2.90. The minimum Gasteiger partial charge on any atom is -0.292 e. The van der Waals surface area contributed by atoms with Crippen LogP contribution in [0.4, 0.5) is 0 Å². The Morgan fingerprint density at radius 2 is 2.00 bits per heavy atom. The van der Waals surface area contributed by atoms with Crippen LogP contribution in [0.15, 0.2) is 35.3 Å². The van der Waals surface area contributed by atoms with Crippen molar-refractivity contribution in [3.8, 4) is 0 Å². The molecule has 0 bridgehead atoms. The summed E-state index contributed by atoms with van der Waals surface area (Å²) in [6.45, 7) is 0.845. The van der Waals surface area contributed by atoms with Gasteiger partial charge in [0.2, 0.25) is 0 Å². The van der Waals surface area contributed by atoms with Gasteiger partial charge in [0.25, 0.3) is 0 Å². The molecule has 1 aromatic rings. The maximum Gasteiger partial charge on any atom is 0.0635 e. The van der Waals surface area contributed by atoms with Crippen LogP contribution < -0.4 is 0 Å². The molecule has 0 N–H and O–H groups in total. The van der Waals surface area contributed by atoms with E-state index in [1.165, 1.54) is 18.4 Å². The first kappa shape index (κ1) is 7.53. The van der Waals surface area contributed by atoms with Crippen LogP contribution in [-0.2, 0) is 6.54 Å². The molecule has 1 aliphatic rings. The van der Waals surface area contributed by atoms with Gasteiger partial charge in [-0.15, -0.1) is 0 Å². The van der Waals surface area contributed by atoms with Crippen molar-refractivity contribution in [3.05, 3.63) is 35.9 Å². The topological polar surface area (TPSA) is 12.4 Å². The van der Waals surface area contributed by atoms with Crippen molar-refractivity contribution >= 4 is 6.21 Å². The summed E-state index contributed by atoms with van der Waals surface area (Å²) in [6, 6.07) is 10.4. The Bertz CT molecular complexity index is 260. The van der Waals surface area contributed by atoms with Crippen molar-refractivity contribution in [3.63, 3.8) is 0 Å². The van der Waals surface area contributed by atoms with E-state index >= 15 is 0 Å². The Balaban J connectivity index is 1.86. The summed E-state index contributed by atoms with van der Waals surface area (Å²) < 4.78 is 0. The fourth-order valence-electron chi connectivity index (χ4n) is 1.14. The Labute approximate surface area is 73.1 Å². The highest BCUT2D eigenvalue weighted by atomic mass is 14.7. The zero-order valence-electron chi connectivity index (χ0n) is 7.11. The molecule has 0 aliphatic heterocycles. The van der Waals surface area contributed by atoms with Gasteiger partial charge in [-0.05, 0) is 24.3 Å². The van der Waals surface area contributed by atoms with Crippen LogP contribution in [0, 0.1) is 5.92 Å². The van der Waals surface area contributed by atoms with Gasteiger partial charge in [0.1, 0.15) is 0 Å². The van der Waals surface area contributed by atoms with Crippen molar-refractivity contribution in [1.82, 2.24) is 0 Å². The molecule has 0 atom stereocenters. The molecule has 0 radical (unpaired) electrons. The lowest BCUT2D eigenvalue weighted by molar-refractivity contribution is 1.05. The molecular formula is C11H13N. The SMILES string of the molecule is C(=N/Cc1ccccc1)/C1CC1. The maximum atomic E-state index is 4.38. The molecule has 1 nitrogen and oxygen atoms in total. The number of hydrogen-bond acceptors (Lipinski definition) is 1. The van der Waals surface area contributed by atoms with Crippen molar-refractivity contribution < 1.29 is 0 Å². The molecule has 0 amide bonds. The maximum absolute atomic E-state index is 4.38. The highest BCUT2D eigenvalue weighted by molar-refractivity contribution is 5.63. The van der Waals surface area contributed by atoms with Gasteiger partial charge < -0.3 is 0 Å². The Morgan fingerprint density at radius 1 is 1.25 bits per heavy atom. The molecule has 0 heterocycles. The van der Waals surface area contributed by atoms with Gasteiger partial charge >= 0.3 is 0 Å². The van der Waals surface area contributed by atoms with Crippen LogP contribution in [-0.4, -0.2) is 6.21 Å². The molecule has 0 saturated heterocycles. The summed E-state index contributed by atoms with van der Waals surface area (Å²) >= 11 is 0. The first-order valence-electron chi connectivity index (χ1n) is 4.49. The van der Waals surface area contributed by atoms with E-state index < -0.39 is 0 Å². The third-order valence-electron chi connectivity index (χ3n) is 2.05. The van der Waals surface area contributed by atoms with E-state index in [1.54, 1.807) is 0 Å². The lowest BCUT2D eigenvalue weighted by Crippen LogP contribution is -1.82. The molecular weight excluding hydrogens is 146 g/mol. The highest BCUT2D eigenvalue weighted by Gasteiger charge is 2.17. The smallest absolute Gasteiger partial charge is 0.0635 e. The van der Waals surface area contributed by atoms with Gasteiger partial charge in [-0.1, -0.05) is 30.3 Å². The summed E-state index contributed by atoms with van der Waals surface area (Å²) in [4.78, 5) is 4.38. The second-order valence-corrected chi connectivity index (χ2v) is 3.31. The molecule has 0 aromatic heterocycles. The third kappa shape index (κ3) is 2.19. The normalized spacial score (nSPS) is 17.0. The Morgan fingerprint density at radius 3 is 2.67 bits per heavy atom. The van der Waals surface area contributed by atoms with Crippen molar-refractivity contribution in [2.45, 2.75) is 19.4 Å². The number of rotatable bonds is 3. The number of hydrogen-bond donors (Lipinski definition) is 0. The molecule has 1 aliphatic carbocycles. The zero-order chi connectivity index (χ0) is 8.23. The van der Waals surface area contributed by atoms with Gasteiger partial charge in [0, 0.05) is 6.21 Å². The summed E-state index contributed by atoms with van der Waals surface area (Å²) in [5, 5.41) is 0. The third-order valence-corrected chi connectivity index (χ3v) is 2.05. The summed E-state index contributed by atoms with van der Waals surface area (Å²) in [5.41, 5.74) is 1.30. The molecule has 0 unspecified atom stereocenters. The largest absolute Gasteiger partial charge is 0.292 e. The first-order chi connectivity index (χ1) is 5.95. The van der Waals surface area contributed by atoms with E-state index in [0.29, 0.717) is 0 Å². The predicted molar refractivity (Wildman–Crippen MR) is 51.4 cm³/mol. The van der Waals surface area contributed by atoms with Crippen LogP contribution >= 0.6 is 0 Å². The van der Waals surface area contributed by atoms with Gasteiger partial charge in [-0.3, -0.25) is 4.99 Å². The predicted octanol–water partition coefficient (Wildman–Crippen LogP) is 2.67. The van der Waals surface area contributed by atoms with E-state index in [9.17, 15) is 0 Å². The quantitative estimate of drug-likeness (QED) is 0.601. The van der Waals surface area contributed by atoms with Crippen LogP contribution in [0.5, 0.6) is 0 Å². The lowest BCUT2D eigenvalue weighted by Gasteiger charge is -1.93. The second kappa shape index (κ2) is 3.53. The van der Waals surface area contributed by atoms with Crippen molar-refractivity contribution in [1.29, 1.82) is 0 Å². The average molecular weight is 159 g/mol. The molecule has 2 rings (SSSR count). The number of benzene rings is 1. The van der Waals surface area contributed by atoms with E-state index in [-0.39, 0.29) is 0 Å². The zero-order valence-corrected chi connectivity index (χ0v) is 7.11. The van der Waals surface area contributed by atoms with Gasteiger partial charge in [0.05, 0.1) is 6.54 Å². The molecule has 12 heavy (non-hydrogen) atoms. The van der Waals surface area contributed by atoms with Gasteiger partial charge in [0.15, 0.2) is 0 Å². The number of nitrogens with zero attached hydrogens (tertiary/aromatic N) is 1. The highest BCUT2D eigenvalue weighted by Crippen LogP contribution is 2.26. The van der Waals surface area contributed by atoms with Gasteiger partial charge in [-0.2, -0.15) is 0 Å². The summed E-state index contributed by atoms with van der Waals surface area (Å²) in [7, 11) is 0. The lowest BCUT2D eigenvalue weighted by atomic mass is 10.2. The van der Waals surface area contributed by atoms with Crippen molar-refractivity contribution in [2.75, 3.05) is 0 Å². The number of aliphatic imine (C=N–C) groups is 1. The van der Waals surface area contributed by atoms with Crippen LogP contribution in [0.25, 0.3) is 0 Å². The van der Waals surface area contributed by atoms with Gasteiger partial charge in [-0.25, -0.2) is 0 Å². The molecule has 1 heteroatoms. The fourth-order valence-corrected chi connectivity index (χ4v) is 1.14. The summed E-state index contributed by atoms with van der Waals surface area (Å²) in [6.07, 6.45) is 4.80. The van der Waals surface area contributed by atoms with E-state index in [0.717, 1.165) is 12.5 Å². The molecule has 0 spiro atoms. The van der Waals surface area contributed by atoms with Crippen molar-refractivity contribution in [2.24, 2.45) is 10.9 Å². The first-order valence-corrected chi connectivity index (χ1v) is 4.49. The monoisotopic (exact) mass is 159 g/mol. The minimum absolute atomic E-state index is 0.800. The van der Waals surface area contributed by atoms with E-state index in [4.69, 9.17) is 0 Å². The van der Waals surface area contributed by atoms with Crippen LogP contribution in [0.2, 0.25) is 0 Å². The Kier molecular flexibility index (Phi) is 2.21. The van der Waals surface area contributed by atoms with E-state index in [1.807, 2.05) is 6.07 Å². The fraction of sp³-hybridized carbons (Fsp3) is 0.364. The molecule has 62 valence electrons. The van der Waals surface area contributed by atoms with E-state index in [2.05, 4.69) is 35.5 Å². The summed E-state index contributed by atoms with van der Waals surface area (Å²) in [5.74, 6) is 0.800. The Hall–Kier alpha value is -1.11. The minimum atomic E-state index is 0.800. The van der Waals surface area contributed by atoms with Crippen LogP contribution in [0.1, 0.15) is 18.4 Å². The molecule has 1 fully saturated rings. The molecule has 1 saturated carbocycles. The van der Waals surface area contributed by atoms with Crippen LogP contribution in [0.3, 0.4) is 0 Å². The second-order valence-electron chi connectivity index (χ2n) is 3.31. The molecule has 1 aromatic carbocycles. The standard InChI is InChI=1S/C11H13N/c1-2-4-10(5-3-1)8-12-9-11-6-7-11/h1-5,9,11H,6-8H2/b12-9-.